The highest BCUT2D eigenvalue weighted by Crippen LogP contribution is 2.25. The summed E-state index contributed by atoms with van der Waals surface area (Å²) in [6, 6.07) is 7.76. The molecule has 3 heterocycles. The number of nitrogens with zero attached hydrogens (tertiary/aromatic N) is 3. The number of oxazole rings is 1. The van der Waals surface area contributed by atoms with Crippen molar-refractivity contribution < 1.29 is 23.4 Å². The molecule has 2 aliphatic rings. The van der Waals surface area contributed by atoms with Gasteiger partial charge in [-0.15, -0.1) is 0 Å². The van der Waals surface area contributed by atoms with Crippen LogP contribution in [0.5, 0.6) is 5.75 Å². The maximum atomic E-state index is 14.2. The molecule has 3 aromatic rings. The zero-order valence-corrected chi connectivity index (χ0v) is 20.0. The van der Waals surface area contributed by atoms with Gasteiger partial charge in [0.2, 0.25) is 0 Å². The molecular formula is C26H30FN5O4. The van der Waals surface area contributed by atoms with Crippen LogP contribution in [0.3, 0.4) is 0 Å². The van der Waals surface area contributed by atoms with Crippen LogP contribution in [0, 0.1) is 5.82 Å². The fraction of sp³-hybridized carbons (Fsp3) is 0.423. The summed E-state index contributed by atoms with van der Waals surface area (Å²) < 4.78 is 25.2. The Balaban J connectivity index is 1.09. The van der Waals surface area contributed by atoms with Crippen molar-refractivity contribution in [2.75, 3.05) is 25.0 Å². The summed E-state index contributed by atoms with van der Waals surface area (Å²) >= 11 is 0. The van der Waals surface area contributed by atoms with E-state index in [1.54, 1.807) is 6.20 Å². The summed E-state index contributed by atoms with van der Waals surface area (Å²) in [4.78, 5) is 22.6. The summed E-state index contributed by atoms with van der Waals surface area (Å²) in [5, 5.41) is 16.4. The minimum Gasteiger partial charge on any atom is -0.486 e. The number of rotatable bonds is 10. The van der Waals surface area contributed by atoms with Gasteiger partial charge in [-0.3, -0.25) is 9.69 Å². The van der Waals surface area contributed by atoms with E-state index in [-0.39, 0.29) is 12.1 Å². The largest absolute Gasteiger partial charge is 0.486 e. The minimum absolute atomic E-state index is 0.0315. The lowest BCUT2D eigenvalue weighted by Crippen LogP contribution is -2.42. The molecule has 1 aromatic carbocycles. The molecule has 190 valence electrons. The molecule has 1 fully saturated rings. The molecule has 1 saturated carbocycles. The first kappa shape index (κ1) is 24.2. The number of hydrogen-bond acceptors (Lipinski definition) is 8. The minimum atomic E-state index is -0.780. The number of halogens is 1. The molecule has 0 bridgehead atoms. The predicted molar refractivity (Wildman–Crippen MR) is 130 cm³/mol. The molecule has 1 aliphatic carbocycles. The van der Waals surface area contributed by atoms with Gasteiger partial charge in [-0.25, -0.2) is 14.4 Å². The van der Waals surface area contributed by atoms with Crippen LogP contribution in [0.15, 0.2) is 47.5 Å². The Hall–Kier alpha value is -3.50. The average molecular weight is 496 g/mol. The normalized spacial score (nSPS) is 16.6. The van der Waals surface area contributed by atoms with Crippen molar-refractivity contribution in [3.05, 3.63) is 71.3 Å². The first-order chi connectivity index (χ1) is 17.5. The number of carbonyl (C=O) groups is 1. The van der Waals surface area contributed by atoms with Gasteiger partial charge in [0.05, 0.1) is 24.1 Å². The number of aliphatic hydroxyl groups is 1. The quantitative estimate of drug-likeness (QED) is 0.394. The summed E-state index contributed by atoms with van der Waals surface area (Å²) in [5.41, 5.74) is 2.31. The highest BCUT2D eigenvalue weighted by Gasteiger charge is 2.22. The molecule has 0 spiro atoms. The van der Waals surface area contributed by atoms with Crippen LogP contribution in [0.2, 0.25) is 0 Å². The molecule has 1 atom stereocenters. The molecule has 1 aliphatic heterocycles. The van der Waals surface area contributed by atoms with Crippen molar-refractivity contribution in [1.82, 2.24) is 20.2 Å². The molecule has 36 heavy (non-hydrogen) atoms. The van der Waals surface area contributed by atoms with E-state index in [1.807, 2.05) is 18.2 Å². The molecular weight excluding hydrogens is 465 g/mol. The molecule has 3 N–H and O–H groups in total. The summed E-state index contributed by atoms with van der Waals surface area (Å²) in [6.07, 6.45) is 7.36. The number of ether oxygens (including phenoxy) is 1. The monoisotopic (exact) mass is 495 g/mol. The number of pyridine rings is 1. The Morgan fingerprint density at radius 2 is 2.17 bits per heavy atom. The maximum absolute atomic E-state index is 14.2. The van der Waals surface area contributed by atoms with Crippen LogP contribution in [0.25, 0.3) is 0 Å². The highest BCUT2D eigenvalue weighted by molar-refractivity contribution is 5.95. The van der Waals surface area contributed by atoms with Gasteiger partial charge in [-0.1, -0.05) is 6.07 Å². The number of β-amino-alcohol motifs (C(OH)–C–C–N with tert-alkyl or cyclic N) is 1. The zero-order valence-electron chi connectivity index (χ0n) is 20.0. The second-order valence-corrected chi connectivity index (χ2v) is 9.36. The van der Waals surface area contributed by atoms with Crippen LogP contribution in [0.4, 0.5) is 10.2 Å². The molecule has 9 nitrogen and oxygen atoms in total. The van der Waals surface area contributed by atoms with Crippen LogP contribution in [0.1, 0.15) is 46.5 Å². The maximum Gasteiger partial charge on any atom is 0.254 e. The van der Waals surface area contributed by atoms with E-state index in [0.29, 0.717) is 37.3 Å². The second-order valence-electron chi connectivity index (χ2n) is 9.36. The first-order valence-corrected chi connectivity index (χ1v) is 12.3. The van der Waals surface area contributed by atoms with Crippen molar-refractivity contribution in [1.29, 1.82) is 0 Å². The molecule has 0 saturated heterocycles. The van der Waals surface area contributed by atoms with Crippen molar-refractivity contribution in [3.8, 4) is 5.75 Å². The zero-order chi connectivity index (χ0) is 24.9. The molecule has 5 rings (SSSR count). The molecule has 0 radical (unpaired) electrons. The van der Waals surface area contributed by atoms with Crippen LogP contribution >= 0.6 is 0 Å². The number of benzene rings is 1. The first-order valence-electron chi connectivity index (χ1n) is 12.3. The molecule has 0 unspecified atom stereocenters. The second kappa shape index (κ2) is 11.0. The van der Waals surface area contributed by atoms with Gasteiger partial charge in [0.1, 0.15) is 18.2 Å². The number of nitrogens with one attached hydrogen (secondary N) is 2. The smallest absolute Gasteiger partial charge is 0.254 e. The van der Waals surface area contributed by atoms with Gasteiger partial charge in [0, 0.05) is 32.2 Å². The van der Waals surface area contributed by atoms with E-state index >= 15 is 0 Å². The summed E-state index contributed by atoms with van der Waals surface area (Å²) in [7, 11) is 0. The number of aromatic nitrogens is 2. The lowest BCUT2D eigenvalue weighted by Gasteiger charge is -2.30. The number of amides is 1. The Morgan fingerprint density at radius 3 is 2.94 bits per heavy atom. The van der Waals surface area contributed by atoms with E-state index in [9.17, 15) is 14.3 Å². The third-order valence-corrected chi connectivity index (χ3v) is 6.66. The van der Waals surface area contributed by atoms with Gasteiger partial charge in [0.25, 0.3) is 5.91 Å². The third kappa shape index (κ3) is 6.00. The number of hydrogen-bond donors (Lipinski definition) is 3. The van der Waals surface area contributed by atoms with Crippen LogP contribution in [-0.4, -0.2) is 57.7 Å². The lowest BCUT2D eigenvalue weighted by atomic mass is 9.93. The fourth-order valence-electron chi connectivity index (χ4n) is 4.42. The number of fused-ring (bicyclic) bond motifs is 1. The van der Waals surface area contributed by atoms with Gasteiger partial charge in [-0.05, 0) is 55.0 Å². The Morgan fingerprint density at radius 1 is 1.28 bits per heavy atom. The van der Waals surface area contributed by atoms with Gasteiger partial charge in [0.15, 0.2) is 18.0 Å². The molecule has 10 heteroatoms. The van der Waals surface area contributed by atoms with Crippen molar-refractivity contribution >= 4 is 11.7 Å². The number of anilines is 1. The summed E-state index contributed by atoms with van der Waals surface area (Å²) in [6.45, 7) is 2.22. The third-order valence-electron chi connectivity index (χ3n) is 6.66. The van der Waals surface area contributed by atoms with E-state index in [4.69, 9.17) is 9.15 Å². The van der Waals surface area contributed by atoms with Crippen LogP contribution < -0.4 is 15.4 Å². The van der Waals surface area contributed by atoms with E-state index in [0.717, 1.165) is 44.2 Å². The van der Waals surface area contributed by atoms with E-state index in [1.165, 1.54) is 23.6 Å². The highest BCUT2D eigenvalue weighted by atomic mass is 19.1. The van der Waals surface area contributed by atoms with Crippen molar-refractivity contribution in [3.63, 3.8) is 0 Å². The van der Waals surface area contributed by atoms with E-state index in [2.05, 4.69) is 25.5 Å². The Bertz CT molecular complexity index is 1190. The number of carbonyl (C=O) groups excluding carboxylic acids is 1. The predicted octanol–water partition coefficient (Wildman–Crippen LogP) is 2.90. The molecule has 2 aromatic heterocycles. The number of aliphatic hydroxyl groups excluding tert-OH is 1. The van der Waals surface area contributed by atoms with E-state index < -0.39 is 17.8 Å². The average Bonchev–Trinajstić information content (AvgIpc) is 3.38. The lowest BCUT2D eigenvalue weighted by molar-refractivity contribution is 0.0838. The van der Waals surface area contributed by atoms with Crippen molar-refractivity contribution in [2.45, 2.75) is 51.0 Å². The SMILES string of the molecule is O=C(NC[C@H](O)CN1CCc2cc(OCc3cnco3)ccc2C1)c1cc(NC2CCC2)ncc1F. The van der Waals surface area contributed by atoms with Crippen molar-refractivity contribution in [2.24, 2.45) is 0 Å². The standard InChI is InChI=1S/C26H30FN5O4/c27-24-12-29-25(31-19-2-1-3-19)9-23(24)26(34)30-10-20(33)14-32-7-6-17-8-21(5-4-18(17)13-32)35-15-22-11-28-16-36-22/h4-5,8-9,11-12,16,19-20,33H,1-3,6-7,10,13-15H2,(H,29,31)(H,30,34)/t20-/m0/s1. The van der Waals surface area contributed by atoms with Gasteiger partial charge in [-0.2, -0.15) is 0 Å². The Labute approximate surface area is 208 Å². The van der Waals surface area contributed by atoms with Crippen LogP contribution in [-0.2, 0) is 19.6 Å². The Kier molecular flexibility index (Phi) is 7.43. The molecule has 1 amide bonds. The van der Waals surface area contributed by atoms with Gasteiger partial charge < -0.3 is 24.9 Å². The summed E-state index contributed by atoms with van der Waals surface area (Å²) in [5.74, 6) is 0.684. The fourth-order valence-corrected chi connectivity index (χ4v) is 4.42. The van der Waals surface area contributed by atoms with Gasteiger partial charge >= 0.3 is 0 Å². The topological polar surface area (TPSA) is 113 Å².